The Labute approximate surface area is 195 Å². The molecule has 0 unspecified atom stereocenters. The molecule has 3 rings (SSSR count). The number of aryl methyl sites for hydroxylation is 1. The number of fused-ring (bicyclic) bond motifs is 1. The van der Waals surface area contributed by atoms with E-state index in [0.29, 0.717) is 36.6 Å². The maximum absolute atomic E-state index is 13.5. The van der Waals surface area contributed by atoms with Crippen LogP contribution in [0.5, 0.6) is 5.75 Å². The number of hydrogen-bond donors (Lipinski definition) is 1. The molecule has 0 spiro atoms. The van der Waals surface area contributed by atoms with Gasteiger partial charge in [-0.05, 0) is 62.3 Å². The zero-order valence-corrected chi connectivity index (χ0v) is 20.1. The van der Waals surface area contributed by atoms with Crippen molar-refractivity contribution in [3.8, 4) is 5.75 Å². The second kappa shape index (κ2) is 10.4. The first-order chi connectivity index (χ1) is 15.6. The molecule has 0 aliphatic heterocycles. The topological polar surface area (TPSA) is 83.9 Å². The van der Waals surface area contributed by atoms with Crippen LogP contribution in [0, 0.1) is 0 Å². The van der Waals surface area contributed by atoms with Gasteiger partial charge in [0.15, 0.2) is 5.60 Å². The molecular formula is C26H31NO5S. The Morgan fingerprint density at radius 3 is 2.30 bits per heavy atom. The van der Waals surface area contributed by atoms with Crippen molar-refractivity contribution in [1.29, 1.82) is 0 Å². The summed E-state index contributed by atoms with van der Waals surface area (Å²) >= 11 is 0. The van der Waals surface area contributed by atoms with Crippen molar-refractivity contribution in [2.45, 2.75) is 50.5 Å². The molecule has 0 aromatic heterocycles. The van der Waals surface area contributed by atoms with E-state index in [1.165, 1.54) is 13.8 Å². The highest BCUT2D eigenvalue weighted by Crippen LogP contribution is 2.26. The lowest BCUT2D eigenvalue weighted by Crippen LogP contribution is -2.37. The molecule has 0 atom stereocenters. The third-order valence-electron chi connectivity index (χ3n) is 5.52. The van der Waals surface area contributed by atoms with Crippen molar-refractivity contribution in [2.75, 3.05) is 13.1 Å². The van der Waals surface area contributed by atoms with E-state index in [-0.39, 0.29) is 0 Å². The van der Waals surface area contributed by atoms with Crippen molar-refractivity contribution in [2.24, 2.45) is 0 Å². The number of sulfonamides is 1. The number of hydrogen-bond acceptors (Lipinski definition) is 4. The number of ether oxygens (including phenoxy) is 1. The maximum Gasteiger partial charge on any atom is 0.347 e. The lowest BCUT2D eigenvalue weighted by atomic mass is 10.1. The number of aliphatic carboxylic acids is 1. The van der Waals surface area contributed by atoms with E-state index in [2.05, 4.69) is 0 Å². The number of rotatable bonds is 11. The molecule has 1 N–H and O–H groups in total. The highest BCUT2D eigenvalue weighted by molar-refractivity contribution is 7.89. The second-order valence-electron chi connectivity index (χ2n) is 8.55. The van der Waals surface area contributed by atoms with Crippen LogP contribution in [0.25, 0.3) is 10.8 Å². The van der Waals surface area contributed by atoms with Gasteiger partial charge < -0.3 is 9.84 Å². The molecule has 0 radical (unpaired) electrons. The van der Waals surface area contributed by atoms with Crippen LogP contribution >= 0.6 is 0 Å². The molecule has 0 saturated carbocycles. The van der Waals surface area contributed by atoms with Crippen LogP contribution in [0.15, 0.2) is 71.6 Å². The van der Waals surface area contributed by atoms with Crippen LogP contribution in [0.4, 0.5) is 0 Å². The first kappa shape index (κ1) is 24.7. The van der Waals surface area contributed by atoms with Gasteiger partial charge in [-0.1, -0.05) is 55.5 Å². The van der Waals surface area contributed by atoms with Crippen molar-refractivity contribution < 1.29 is 23.1 Å². The van der Waals surface area contributed by atoms with E-state index in [9.17, 15) is 18.3 Å². The molecular weight excluding hydrogens is 438 g/mol. The monoisotopic (exact) mass is 469 g/mol. The number of carbonyl (C=O) groups is 1. The minimum absolute atomic E-state index is 0.344. The van der Waals surface area contributed by atoms with Gasteiger partial charge in [-0.2, -0.15) is 4.31 Å². The van der Waals surface area contributed by atoms with Crippen molar-refractivity contribution >= 4 is 26.8 Å². The molecule has 0 fully saturated rings. The van der Waals surface area contributed by atoms with Crippen molar-refractivity contribution in [3.05, 3.63) is 72.3 Å². The number of nitrogens with zero attached hydrogens (tertiary/aromatic N) is 1. The van der Waals surface area contributed by atoms with E-state index in [0.717, 1.165) is 22.8 Å². The summed E-state index contributed by atoms with van der Waals surface area (Å²) in [6.45, 7) is 5.86. The summed E-state index contributed by atoms with van der Waals surface area (Å²) < 4.78 is 34.1. The molecule has 0 aliphatic carbocycles. The van der Waals surface area contributed by atoms with Gasteiger partial charge in [0, 0.05) is 18.5 Å². The molecule has 33 heavy (non-hydrogen) atoms. The average molecular weight is 470 g/mol. The summed E-state index contributed by atoms with van der Waals surface area (Å²) in [5.74, 6) is -0.549. The minimum atomic E-state index is -3.62. The molecule has 3 aromatic carbocycles. The highest BCUT2D eigenvalue weighted by Gasteiger charge is 2.29. The van der Waals surface area contributed by atoms with Gasteiger partial charge in [-0.3, -0.25) is 0 Å². The fraction of sp³-hybridized carbons (Fsp3) is 0.346. The smallest absolute Gasteiger partial charge is 0.347 e. The minimum Gasteiger partial charge on any atom is -0.478 e. The number of carboxylic acids is 1. The molecule has 176 valence electrons. The Balaban J connectivity index is 1.69. The fourth-order valence-corrected chi connectivity index (χ4v) is 5.47. The van der Waals surface area contributed by atoms with Gasteiger partial charge in [0.1, 0.15) is 5.75 Å². The van der Waals surface area contributed by atoms with Gasteiger partial charge in [0.25, 0.3) is 0 Å². The van der Waals surface area contributed by atoms with Crippen LogP contribution in [0.1, 0.15) is 39.2 Å². The first-order valence-corrected chi connectivity index (χ1v) is 12.6. The summed E-state index contributed by atoms with van der Waals surface area (Å²) in [4.78, 5) is 11.6. The van der Waals surface area contributed by atoms with Crippen LogP contribution in [0.3, 0.4) is 0 Å². The SMILES string of the molecule is CCCN(CCCc1ccc(OC(C)(C)C(=O)O)cc1)S(=O)(=O)c1cccc2ccccc12. The Kier molecular flexibility index (Phi) is 7.76. The molecule has 3 aromatic rings. The summed E-state index contributed by atoms with van der Waals surface area (Å²) in [5, 5.41) is 10.8. The van der Waals surface area contributed by atoms with Crippen LogP contribution < -0.4 is 4.74 Å². The predicted octanol–water partition coefficient (Wildman–Crippen LogP) is 5.12. The zero-order chi connectivity index (χ0) is 24.1. The van der Waals surface area contributed by atoms with Crippen molar-refractivity contribution in [3.63, 3.8) is 0 Å². The van der Waals surface area contributed by atoms with Gasteiger partial charge in [-0.15, -0.1) is 0 Å². The summed E-state index contributed by atoms with van der Waals surface area (Å²) in [5.41, 5.74) is -0.271. The fourth-order valence-electron chi connectivity index (χ4n) is 3.68. The molecule has 0 amide bonds. The number of benzene rings is 3. The van der Waals surface area contributed by atoms with Gasteiger partial charge in [-0.25, -0.2) is 13.2 Å². The van der Waals surface area contributed by atoms with Gasteiger partial charge >= 0.3 is 5.97 Å². The molecule has 0 bridgehead atoms. The normalized spacial score (nSPS) is 12.2. The van der Waals surface area contributed by atoms with E-state index in [1.54, 1.807) is 28.6 Å². The zero-order valence-electron chi connectivity index (χ0n) is 19.3. The third kappa shape index (κ3) is 5.92. The molecule has 6 nitrogen and oxygen atoms in total. The first-order valence-electron chi connectivity index (χ1n) is 11.1. The lowest BCUT2D eigenvalue weighted by Gasteiger charge is -2.23. The molecule has 0 heterocycles. The van der Waals surface area contributed by atoms with Gasteiger partial charge in [0.05, 0.1) is 4.90 Å². The Morgan fingerprint density at radius 2 is 1.64 bits per heavy atom. The largest absolute Gasteiger partial charge is 0.478 e. The van der Waals surface area contributed by atoms with E-state index in [4.69, 9.17) is 4.74 Å². The third-order valence-corrected chi connectivity index (χ3v) is 7.48. The highest BCUT2D eigenvalue weighted by atomic mass is 32.2. The lowest BCUT2D eigenvalue weighted by molar-refractivity contribution is -0.152. The summed E-state index contributed by atoms with van der Waals surface area (Å²) in [6, 6.07) is 20.2. The Hall–Kier alpha value is -2.90. The predicted molar refractivity (Wildman–Crippen MR) is 130 cm³/mol. The summed E-state index contributed by atoms with van der Waals surface area (Å²) in [7, 11) is -3.62. The second-order valence-corrected chi connectivity index (χ2v) is 10.5. The molecule has 7 heteroatoms. The van der Waals surface area contributed by atoms with Crippen LogP contribution in [0.2, 0.25) is 0 Å². The molecule has 0 saturated heterocycles. The quantitative estimate of drug-likeness (QED) is 0.422. The van der Waals surface area contributed by atoms with Gasteiger partial charge in [0.2, 0.25) is 10.0 Å². The molecule has 0 aliphatic rings. The number of carboxylic acid groups (broad SMARTS) is 1. The Morgan fingerprint density at radius 1 is 0.970 bits per heavy atom. The van der Waals surface area contributed by atoms with Crippen LogP contribution in [-0.2, 0) is 21.2 Å². The standard InChI is InChI=1S/C26H31NO5S/c1-4-18-27(33(30,31)24-13-7-11-21-10-5-6-12-23(21)24)19-8-9-20-14-16-22(17-15-20)32-26(2,3)25(28)29/h5-7,10-17H,4,8-9,18-19H2,1-3H3,(H,28,29). The van der Waals surface area contributed by atoms with E-state index >= 15 is 0 Å². The maximum atomic E-state index is 13.5. The van der Waals surface area contributed by atoms with Crippen molar-refractivity contribution in [1.82, 2.24) is 4.31 Å². The summed E-state index contributed by atoms with van der Waals surface area (Å²) in [6.07, 6.45) is 2.11. The van der Waals surface area contributed by atoms with E-state index < -0.39 is 21.6 Å². The Bertz CT molecular complexity index is 1200. The van der Waals surface area contributed by atoms with Crippen LogP contribution in [-0.4, -0.2) is 42.5 Å². The average Bonchev–Trinajstić information content (AvgIpc) is 2.79. The van der Waals surface area contributed by atoms with E-state index in [1.807, 2.05) is 49.4 Å².